The molecular formula is C18H28N3O4S+. The number of nitrogens with zero attached hydrogens (tertiary/aromatic N) is 1. The molecule has 1 aromatic rings. The maximum Gasteiger partial charge on any atom is 0.275 e. The molecule has 7 nitrogen and oxygen atoms in total. The van der Waals surface area contributed by atoms with Crippen LogP contribution in [0.25, 0.3) is 0 Å². The first-order chi connectivity index (χ1) is 12.4. The molecule has 0 spiro atoms. The summed E-state index contributed by atoms with van der Waals surface area (Å²) >= 11 is 0. The normalized spacial score (nSPS) is 20.5. The smallest absolute Gasteiger partial charge is 0.275 e. The third-order valence-corrected chi connectivity index (χ3v) is 7.17. The number of benzene rings is 1. The third kappa shape index (κ3) is 4.55. The van der Waals surface area contributed by atoms with Crippen molar-refractivity contribution >= 4 is 15.9 Å². The van der Waals surface area contributed by atoms with Gasteiger partial charge in [0.15, 0.2) is 6.54 Å². The van der Waals surface area contributed by atoms with Crippen LogP contribution in [0.15, 0.2) is 29.2 Å². The van der Waals surface area contributed by atoms with E-state index in [0.717, 1.165) is 4.90 Å². The van der Waals surface area contributed by atoms with Crippen LogP contribution >= 0.6 is 0 Å². The van der Waals surface area contributed by atoms with E-state index in [1.807, 2.05) is 0 Å². The lowest BCUT2D eigenvalue weighted by atomic mass is 10.2. The van der Waals surface area contributed by atoms with Crippen LogP contribution in [-0.2, 0) is 14.8 Å². The molecule has 8 heteroatoms. The Hall–Kier alpha value is -1.64. The minimum atomic E-state index is -3.50. The number of carbonyl (C=O) groups is 1. The predicted molar refractivity (Wildman–Crippen MR) is 97.6 cm³/mol. The van der Waals surface area contributed by atoms with Gasteiger partial charge in [-0.25, -0.2) is 8.42 Å². The van der Waals surface area contributed by atoms with E-state index in [9.17, 15) is 13.2 Å². The van der Waals surface area contributed by atoms with Gasteiger partial charge in [0.05, 0.1) is 38.2 Å². The van der Waals surface area contributed by atoms with Crippen molar-refractivity contribution in [3.63, 3.8) is 0 Å². The molecule has 1 aromatic carbocycles. The summed E-state index contributed by atoms with van der Waals surface area (Å²) in [5.74, 6) is 1.33. The first kappa shape index (κ1) is 19.1. The van der Waals surface area contributed by atoms with Gasteiger partial charge in [0.1, 0.15) is 5.75 Å². The zero-order chi connectivity index (χ0) is 18.7. The zero-order valence-corrected chi connectivity index (χ0v) is 16.2. The Bertz CT molecular complexity index is 723. The topological polar surface area (TPSA) is 80.2 Å². The number of quaternary nitrogens is 1. The molecule has 0 aromatic heterocycles. The van der Waals surface area contributed by atoms with Crippen molar-refractivity contribution in [1.29, 1.82) is 0 Å². The highest BCUT2D eigenvalue weighted by Gasteiger charge is 2.32. The van der Waals surface area contributed by atoms with Crippen molar-refractivity contribution in [2.75, 3.05) is 39.8 Å². The van der Waals surface area contributed by atoms with E-state index in [4.69, 9.17) is 4.74 Å². The first-order valence-corrected chi connectivity index (χ1v) is 10.6. The van der Waals surface area contributed by atoms with E-state index < -0.39 is 10.0 Å². The van der Waals surface area contributed by atoms with Crippen LogP contribution in [0.3, 0.4) is 0 Å². The van der Waals surface area contributed by atoms with Crippen LogP contribution in [-0.4, -0.2) is 64.5 Å². The molecule has 2 aliphatic rings. The Balaban J connectivity index is 1.51. The van der Waals surface area contributed by atoms with E-state index in [1.54, 1.807) is 31.4 Å². The molecule has 144 valence electrons. The molecule has 1 amide bonds. The van der Waals surface area contributed by atoms with Crippen LogP contribution in [0, 0.1) is 5.92 Å². The molecule has 26 heavy (non-hydrogen) atoms. The van der Waals surface area contributed by atoms with E-state index >= 15 is 0 Å². The third-order valence-electron chi connectivity index (χ3n) is 5.26. The van der Waals surface area contributed by atoms with Crippen molar-refractivity contribution in [2.24, 2.45) is 5.92 Å². The molecule has 1 aliphatic carbocycles. The number of nitrogens with one attached hydrogen (secondary N) is 2. The predicted octanol–water partition coefficient (Wildman–Crippen LogP) is -0.501. The molecule has 3 rings (SSSR count). The molecule has 1 saturated carbocycles. The fourth-order valence-corrected chi connectivity index (χ4v) is 4.80. The summed E-state index contributed by atoms with van der Waals surface area (Å²) in [6.45, 7) is 4.60. The number of sulfonamides is 1. The Morgan fingerprint density at radius 3 is 2.42 bits per heavy atom. The number of carbonyl (C=O) groups excluding carboxylic acids is 1. The maximum atomic E-state index is 12.7. The standard InChI is InChI=1S/C18H27N3O4S/c1-14(15-3-4-15)19-18(22)13-20-9-11-21(12-10-20)26(23,24)17-7-5-16(25-2)6-8-17/h5-8,14-15H,3-4,9-13H2,1-2H3,(H,19,22)/p+1/t14-/m0/s1. The summed E-state index contributed by atoms with van der Waals surface area (Å²) in [6.07, 6.45) is 2.41. The number of hydrogen-bond acceptors (Lipinski definition) is 4. The SMILES string of the molecule is COc1ccc(S(=O)(=O)N2CC[NH+](CC(=O)N[C@@H](C)C3CC3)CC2)cc1. The highest BCUT2D eigenvalue weighted by atomic mass is 32.2. The van der Waals surface area contributed by atoms with Gasteiger partial charge in [-0.3, -0.25) is 4.79 Å². The van der Waals surface area contributed by atoms with E-state index in [1.165, 1.54) is 17.1 Å². The van der Waals surface area contributed by atoms with Gasteiger partial charge in [0, 0.05) is 6.04 Å². The molecule has 1 heterocycles. The van der Waals surface area contributed by atoms with E-state index in [0.29, 0.717) is 44.4 Å². The number of rotatable bonds is 7. The molecule has 2 N–H and O–H groups in total. The van der Waals surface area contributed by atoms with Crippen LogP contribution in [0.2, 0.25) is 0 Å². The molecule has 1 atom stereocenters. The molecular weight excluding hydrogens is 354 g/mol. The average Bonchev–Trinajstić information content (AvgIpc) is 3.47. The van der Waals surface area contributed by atoms with E-state index in [2.05, 4.69) is 12.2 Å². The van der Waals surface area contributed by atoms with Gasteiger partial charge in [-0.2, -0.15) is 4.31 Å². The molecule has 0 bridgehead atoms. The summed E-state index contributed by atoms with van der Waals surface area (Å²) in [5.41, 5.74) is 0. The van der Waals surface area contributed by atoms with Gasteiger partial charge < -0.3 is 15.0 Å². The lowest BCUT2D eigenvalue weighted by molar-refractivity contribution is -0.895. The van der Waals surface area contributed by atoms with Gasteiger partial charge in [-0.1, -0.05) is 0 Å². The Kier molecular flexibility index (Phi) is 5.84. The van der Waals surface area contributed by atoms with Crippen molar-refractivity contribution in [3.05, 3.63) is 24.3 Å². The highest BCUT2D eigenvalue weighted by Crippen LogP contribution is 2.32. The quantitative estimate of drug-likeness (QED) is 0.666. The molecule has 2 fully saturated rings. The summed E-state index contributed by atoms with van der Waals surface area (Å²) in [5, 5.41) is 3.06. The van der Waals surface area contributed by atoms with Crippen molar-refractivity contribution in [1.82, 2.24) is 9.62 Å². The monoisotopic (exact) mass is 382 g/mol. The van der Waals surface area contributed by atoms with Crippen molar-refractivity contribution in [3.8, 4) is 5.75 Å². The van der Waals surface area contributed by atoms with Crippen LogP contribution in [0.4, 0.5) is 0 Å². The summed E-state index contributed by atoms with van der Waals surface area (Å²) in [7, 11) is -1.95. The second-order valence-electron chi connectivity index (χ2n) is 7.20. The van der Waals surface area contributed by atoms with Gasteiger partial charge in [0.25, 0.3) is 5.91 Å². The Labute approximate surface area is 155 Å². The van der Waals surface area contributed by atoms with Gasteiger partial charge >= 0.3 is 0 Å². The van der Waals surface area contributed by atoms with Crippen LogP contribution < -0.4 is 15.0 Å². The molecule has 0 unspecified atom stereocenters. The highest BCUT2D eigenvalue weighted by molar-refractivity contribution is 7.89. The number of hydrogen-bond donors (Lipinski definition) is 2. The largest absolute Gasteiger partial charge is 0.497 e. The lowest BCUT2D eigenvalue weighted by Gasteiger charge is -2.31. The number of amides is 1. The van der Waals surface area contributed by atoms with Crippen LogP contribution in [0.1, 0.15) is 19.8 Å². The second kappa shape index (κ2) is 7.94. The molecule has 1 saturated heterocycles. The molecule has 0 radical (unpaired) electrons. The van der Waals surface area contributed by atoms with Gasteiger partial charge in [0.2, 0.25) is 10.0 Å². The average molecular weight is 383 g/mol. The first-order valence-electron chi connectivity index (χ1n) is 9.17. The minimum Gasteiger partial charge on any atom is -0.497 e. The van der Waals surface area contributed by atoms with Gasteiger partial charge in [-0.05, 0) is 49.9 Å². The Morgan fingerprint density at radius 1 is 1.27 bits per heavy atom. The Morgan fingerprint density at radius 2 is 1.88 bits per heavy atom. The summed E-state index contributed by atoms with van der Waals surface area (Å²) in [6, 6.07) is 6.69. The molecule has 1 aliphatic heterocycles. The number of ether oxygens (including phenoxy) is 1. The van der Waals surface area contributed by atoms with Crippen molar-refractivity contribution < 1.29 is 22.8 Å². The van der Waals surface area contributed by atoms with Crippen molar-refractivity contribution in [2.45, 2.75) is 30.7 Å². The van der Waals surface area contributed by atoms with Gasteiger partial charge in [-0.15, -0.1) is 0 Å². The lowest BCUT2D eigenvalue weighted by Crippen LogP contribution is -3.15. The minimum absolute atomic E-state index is 0.0610. The zero-order valence-electron chi connectivity index (χ0n) is 15.4. The fraction of sp³-hybridized carbons (Fsp3) is 0.611. The summed E-state index contributed by atoms with van der Waals surface area (Å²) < 4.78 is 32.1. The fourth-order valence-electron chi connectivity index (χ4n) is 3.36. The number of methoxy groups -OCH3 is 1. The van der Waals surface area contributed by atoms with Crippen LogP contribution in [0.5, 0.6) is 5.75 Å². The second-order valence-corrected chi connectivity index (χ2v) is 9.14. The number of piperazine rings is 1. The maximum absolute atomic E-state index is 12.7. The van der Waals surface area contributed by atoms with E-state index in [-0.39, 0.29) is 16.8 Å². The summed E-state index contributed by atoms with van der Waals surface area (Å²) in [4.78, 5) is 13.5.